The van der Waals surface area contributed by atoms with Crippen LogP contribution in [0.25, 0.3) is 11.0 Å². The van der Waals surface area contributed by atoms with Crippen molar-refractivity contribution in [2.75, 3.05) is 12.4 Å². The van der Waals surface area contributed by atoms with Gasteiger partial charge in [0, 0.05) is 10.3 Å². The number of thiophene rings is 1. The summed E-state index contributed by atoms with van der Waals surface area (Å²) in [5.41, 5.74) is -0.166. The Hall–Kier alpha value is -2.93. The summed E-state index contributed by atoms with van der Waals surface area (Å²) in [5.74, 6) is -1.16. The van der Waals surface area contributed by atoms with Crippen LogP contribution in [0.2, 0.25) is 0 Å². The van der Waals surface area contributed by atoms with Crippen LogP contribution in [0.5, 0.6) is 0 Å². The van der Waals surface area contributed by atoms with Crippen molar-refractivity contribution in [3.63, 3.8) is 0 Å². The van der Waals surface area contributed by atoms with Crippen LogP contribution >= 0.6 is 11.3 Å². The maximum Gasteiger partial charge on any atom is 0.349 e. The second-order valence-electron chi connectivity index (χ2n) is 5.64. The van der Waals surface area contributed by atoms with Crippen LogP contribution < -0.4 is 10.9 Å². The summed E-state index contributed by atoms with van der Waals surface area (Å²) in [6.07, 6.45) is 1.69. The van der Waals surface area contributed by atoms with Gasteiger partial charge in [-0.2, -0.15) is 0 Å². The van der Waals surface area contributed by atoms with E-state index in [1.807, 2.05) is 6.92 Å². The number of hydrogen-bond acceptors (Lipinski definition) is 6. The highest BCUT2D eigenvalue weighted by Gasteiger charge is 2.21. The Bertz CT molecular complexity index is 1030. The zero-order chi connectivity index (χ0) is 18.7. The van der Waals surface area contributed by atoms with Crippen molar-refractivity contribution < 1.29 is 18.7 Å². The quantitative estimate of drug-likeness (QED) is 0.544. The van der Waals surface area contributed by atoms with Crippen LogP contribution in [0.3, 0.4) is 0 Å². The summed E-state index contributed by atoms with van der Waals surface area (Å²) in [7, 11) is 1.28. The average Bonchev–Trinajstić information content (AvgIpc) is 3.03. The maximum absolute atomic E-state index is 12.6. The number of benzene rings is 1. The molecule has 0 unspecified atom stereocenters. The fourth-order valence-corrected chi connectivity index (χ4v) is 3.70. The number of ether oxygens (including phenoxy) is 1. The Kier molecular flexibility index (Phi) is 5.18. The van der Waals surface area contributed by atoms with E-state index in [0.29, 0.717) is 16.0 Å². The molecule has 0 fully saturated rings. The molecule has 0 radical (unpaired) electrons. The standard InChI is InChI=1S/C19H17NO5S/c1-3-6-12-10-14(18(22)24-2)17(26-12)20-16(21)13-9-11-7-4-5-8-15(11)25-19(13)23/h4-5,7-10H,3,6H2,1-2H3,(H,20,21). The first-order valence-corrected chi connectivity index (χ1v) is 8.90. The molecule has 0 aliphatic heterocycles. The Balaban J connectivity index is 1.96. The smallest absolute Gasteiger partial charge is 0.349 e. The van der Waals surface area contributed by atoms with Gasteiger partial charge in [0.2, 0.25) is 0 Å². The first-order chi connectivity index (χ1) is 12.5. The number of carbonyl (C=O) groups excluding carboxylic acids is 2. The predicted octanol–water partition coefficient (Wildman–Crippen LogP) is 3.85. The fourth-order valence-electron chi connectivity index (χ4n) is 2.56. The number of anilines is 1. The van der Waals surface area contributed by atoms with Gasteiger partial charge in [-0.25, -0.2) is 9.59 Å². The van der Waals surface area contributed by atoms with Crippen molar-refractivity contribution >= 4 is 39.2 Å². The minimum atomic E-state index is -0.730. The van der Waals surface area contributed by atoms with Gasteiger partial charge >= 0.3 is 11.6 Å². The molecule has 2 aromatic heterocycles. The SMILES string of the molecule is CCCc1cc(C(=O)OC)c(NC(=O)c2cc3ccccc3oc2=O)s1. The van der Waals surface area contributed by atoms with Crippen LogP contribution in [0.4, 0.5) is 5.00 Å². The zero-order valence-corrected chi connectivity index (χ0v) is 15.1. The number of carbonyl (C=O) groups is 2. The van der Waals surface area contributed by atoms with Crippen molar-refractivity contribution in [3.8, 4) is 0 Å². The van der Waals surface area contributed by atoms with Gasteiger partial charge in [0.25, 0.3) is 5.91 Å². The summed E-state index contributed by atoms with van der Waals surface area (Å²) in [5, 5.41) is 3.65. The highest BCUT2D eigenvalue weighted by Crippen LogP contribution is 2.30. The molecule has 0 spiro atoms. The van der Waals surface area contributed by atoms with Crippen LogP contribution in [-0.4, -0.2) is 19.0 Å². The topological polar surface area (TPSA) is 85.6 Å². The summed E-state index contributed by atoms with van der Waals surface area (Å²) < 4.78 is 9.96. The first-order valence-electron chi connectivity index (χ1n) is 8.08. The van der Waals surface area contributed by atoms with Crippen LogP contribution in [0.1, 0.15) is 38.9 Å². The number of aryl methyl sites for hydroxylation is 1. The highest BCUT2D eigenvalue weighted by atomic mass is 32.1. The van der Waals surface area contributed by atoms with Crippen LogP contribution in [0.15, 0.2) is 45.6 Å². The third-order valence-corrected chi connectivity index (χ3v) is 4.91. The number of methoxy groups -OCH3 is 1. The zero-order valence-electron chi connectivity index (χ0n) is 14.3. The maximum atomic E-state index is 12.6. The van der Waals surface area contributed by atoms with Gasteiger partial charge in [-0.15, -0.1) is 11.3 Å². The molecule has 134 valence electrons. The number of amides is 1. The molecule has 1 amide bonds. The molecule has 1 N–H and O–H groups in total. The van der Waals surface area contributed by atoms with Crippen molar-refractivity contribution in [2.45, 2.75) is 19.8 Å². The lowest BCUT2D eigenvalue weighted by Gasteiger charge is -2.05. The van der Waals surface area contributed by atoms with E-state index in [9.17, 15) is 14.4 Å². The number of nitrogens with one attached hydrogen (secondary N) is 1. The van der Waals surface area contributed by atoms with Gasteiger partial charge in [0.05, 0.1) is 12.7 Å². The number of rotatable bonds is 5. The van der Waals surface area contributed by atoms with E-state index in [2.05, 4.69) is 5.32 Å². The van der Waals surface area contributed by atoms with Gasteiger partial charge < -0.3 is 14.5 Å². The molecule has 0 atom stereocenters. The van der Waals surface area contributed by atoms with Gasteiger partial charge in [0.15, 0.2) is 0 Å². The van der Waals surface area contributed by atoms with Gasteiger partial charge in [-0.3, -0.25) is 4.79 Å². The average molecular weight is 371 g/mol. The molecule has 2 heterocycles. The molecule has 0 saturated heterocycles. The van der Waals surface area contributed by atoms with E-state index in [1.165, 1.54) is 24.5 Å². The van der Waals surface area contributed by atoms with Gasteiger partial charge in [-0.05, 0) is 24.6 Å². The Morgan fingerprint density at radius 3 is 2.69 bits per heavy atom. The molecule has 26 heavy (non-hydrogen) atoms. The molecule has 1 aromatic carbocycles. The van der Waals surface area contributed by atoms with E-state index in [1.54, 1.807) is 30.3 Å². The summed E-state index contributed by atoms with van der Waals surface area (Å²) in [4.78, 5) is 37.6. The molecule has 7 heteroatoms. The Morgan fingerprint density at radius 2 is 1.96 bits per heavy atom. The molecule has 3 rings (SSSR count). The minimum Gasteiger partial charge on any atom is -0.465 e. The van der Waals surface area contributed by atoms with Crippen LogP contribution in [0, 0.1) is 0 Å². The number of fused-ring (bicyclic) bond motifs is 1. The lowest BCUT2D eigenvalue weighted by Crippen LogP contribution is -2.21. The van der Waals surface area contributed by atoms with Crippen LogP contribution in [-0.2, 0) is 11.2 Å². The molecule has 0 bridgehead atoms. The number of hydrogen-bond donors (Lipinski definition) is 1. The van der Waals surface area contributed by atoms with Gasteiger partial charge in [-0.1, -0.05) is 31.5 Å². The normalized spacial score (nSPS) is 10.7. The van der Waals surface area contributed by atoms with Crippen molar-refractivity contribution in [1.29, 1.82) is 0 Å². The van der Waals surface area contributed by atoms with Gasteiger partial charge in [0.1, 0.15) is 16.1 Å². The van der Waals surface area contributed by atoms with Crippen molar-refractivity contribution in [1.82, 2.24) is 0 Å². The third-order valence-electron chi connectivity index (χ3n) is 3.80. The minimum absolute atomic E-state index is 0.120. The lowest BCUT2D eigenvalue weighted by atomic mass is 10.2. The second kappa shape index (κ2) is 7.53. The fraction of sp³-hybridized carbons (Fsp3) is 0.211. The van der Waals surface area contributed by atoms with E-state index >= 15 is 0 Å². The number of para-hydroxylation sites is 1. The second-order valence-corrected chi connectivity index (χ2v) is 6.77. The van der Waals surface area contributed by atoms with E-state index in [-0.39, 0.29) is 11.1 Å². The lowest BCUT2D eigenvalue weighted by molar-refractivity contribution is 0.0602. The van der Waals surface area contributed by atoms with Crippen molar-refractivity contribution in [2.24, 2.45) is 0 Å². The van der Waals surface area contributed by atoms with E-state index in [0.717, 1.165) is 17.7 Å². The summed E-state index contributed by atoms with van der Waals surface area (Å²) >= 11 is 1.29. The summed E-state index contributed by atoms with van der Waals surface area (Å²) in [6, 6.07) is 10.1. The number of esters is 1. The predicted molar refractivity (Wildman–Crippen MR) is 100 cm³/mol. The molecule has 0 aliphatic rings. The van der Waals surface area contributed by atoms with Crippen molar-refractivity contribution in [3.05, 3.63) is 62.8 Å². The van der Waals surface area contributed by atoms with E-state index in [4.69, 9.17) is 9.15 Å². The van der Waals surface area contributed by atoms with E-state index < -0.39 is 17.5 Å². The first kappa shape index (κ1) is 17.9. The molecular formula is C19H17NO5S. The largest absolute Gasteiger partial charge is 0.465 e. The third kappa shape index (κ3) is 3.52. The summed E-state index contributed by atoms with van der Waals surface area (Å²) in [6.45, 7) is 2.02. The molecule has 6 nitrogen and oxygen atoms in total. The molecule has 0 aliphatic carbocycles. The monoisotopic (exact) mass is 371 g/mol. The highest BCUT2D eigenvalue weighted by molar-refractivity contribution is 7.16. The molecular weight excluding hydrogens is 354 g/mol. The molecule has 3 aromatic rings. The molecule has 0 saturated carbocycles. The Labute approximate surface area is 153 Å². The Morgan fingerprint density at radius 1 is 1.19 bits per heavy atom.